The number of pyridine rings is 1. The van der Waals surface area contributed by atoms with Crippen molar-refractivity contribution in [1.82, 2.24) is 4.98 Å². The third-order valence-corrected chi connectivity index (χ3v) is 2.20. The van der Waals surface area contributed by atoms with E-state index >= 15 is 0 Å². The fourth-order valence-corrected chi connectivity index (χ4v) is 1.55. The molecule has 1 aromatic carbocycles. The van der Waals surface area contributed by atoms with Crippen molar-refractivity contribution in [3.8, 4) is 0 Å². The summed E-state index contributed by atoms with van der Waals surface area (Å²) in [4.78, 5) is 4.15. The van der Waals surface area contributed by atoms with Gasteiger partial charge >= 0.3 is 0 Å². The third-order valence-electron chi connectivity index (χ3n) is 1.61. The summed E-state index contributed by atoms with van der Waals surface area (Å²) in [5.74, 6) is -0.216. The van der Waals surface area contributed by atoms with E-state index in [-0.39, 0.29) is 5.82 Å². The monoisotopic (exact) mass is 273 g/mol. The Morgan fingerprint density at radius 1 is 1.25 bits per heavy atom. The van der Waals surface area contributed by atoms with Crippen LogP contribution in [0, 0.1) is 9.39 Å². The summed E-state index contributed by atoms with van der Waals surface area (Å²) in [6.07, 6.45) is 1.76. The SMILES string of the molecule is Fc1ccc2ncc(I)cc2c1. The van der Waals surface area contributed by atoms with Crippen molar-refractivity contribution in [3.63, 3.8) is 0 Å². The molecule has 0 aliphatic carbocycles. The molecule has 1 heterocycles. The molecule has 0 atom stereocenters. The number of benzene rings is 1. The highest BCUT2D eigenvalue weighted by Gasteiger charge is 1.96. The Labute approximate surface area is 82.8 Å². The molecule has 0 aliphatic rings. The van der Waals surface area contributed by atoms with Gasteiger partial charge in [0.25, 0.3) is 0 Å². The standard InChI is InChI=1S/C9H5FIN/c10-7-1-2-9-6(3-7)4-8(11)5-12-9/h1-5H. The normalized spacial score (nSPS) is 10.5. The van der Waals surface area contributed by atoms with Gasteiger partial charge in [-0.25, -0.2) is 4.39 Å². The van der Waals surface area contributed by atoms with Crippen LogP contribution in [0.2, 0.25) is 0 Å². The van der Waals surface area contributed by atoms with Gasteiger partial charge in [0.05, 0.1) is 5.52 Å². The minimum atomic E-state index is -0.216. The van der Waals surface area contributed by atoms with Gasteiger partial charge in [0, 0.05) is 15.2 Å². The molecule has 2 rings (SSSR count). The van der Waals surface area contributed by atoms with Crippen LogP contribution < -0.4 is 0 Å². The van der Waals surface area contributed by atoms with E-state index < -0.39 is 0 Å². The van der Waals surface area contributed by atoms with Crippen LogP contribution in [0.1, 0.15) is 0 Å². The van der Waals surface area contributed by atoms with Gasteiger partial charge in [0.15, 0.2) is 0 Å². The summed E-state index contributed by atoms with van der Waals surface area (Å²) in [5, 5.41) is 0.849. The third kappa shape index (κ3) is 1.41. The first-order valence-corrected chi connectivity index (χ1v) is 4.54. The van der Waals surface area contributed by atoms with E-state index in [0.717, 1.165) is 14.5 Å². The first-order chi connectivity index (χ1) is 5.75. The average molecular weight is 273 g/mol. The Kier molecular flexibility index (Phi) is 1.96. The van der Waals surface area contributed by atoms with Crippen molar-refractivity contribution in [1.29, 1.82) is 0 Å². The highest BCUT2D eigenvalue weighted by Crippen LogP contribution is 2.15. The second-order valence-corrected chi connectivity index (χ2v) is 3.74. The second-order valence-electron chi connectivity index (χ2n) is 2.49. The fraction of sp³-hybridized carbons (Fsp3) is 0. The highest BCUT2D eigenvalue weighted by molar-refractivity contribution is 14.1. The smallest absolute Gasteiger partial charge is 0.123 e. The van der Waals surface area contributed by atoms with E-state index in [9.17, 15) is 4.39 Å². The maximum atomic E-state index is 12.7. The molecule has 60 valence electrons. The largest absolute Gasteiger partial charge is 0.255 e. The van der Waals surface area contributed by atoms with Crippen molar-refractivity contribution >= 4 is 33.5 Å². The van der Waals surface area contributed by atoms with E-state index in [1.807, 2.05) is 6.07 Å². The Morgan fingerprint density at radius 2 is 2.08 bits per heavy atom. The van der Waals surface area contributed by atoms with Gasteiger partial charge in [-0.1, -0.05) is 0 Å². The number of aromatic nitrogens is 1. The van der Waals surface area contributed by atoms with Crippen LogP contribution in [-0.2, 0) is 0 Å². The second kappa shape index (κ2) is 2.97. The zero-order valence-corrected chi connectivity index (χ0v) is 8.25. The number of nitrogens with zero attached hydrogens (tertiary/aromatic N) is 1. The van der Waals surface area contributed by atoms with Crippen molar-refractivity contribution in [3.05, 3.63) is 39.8 Å². The average Bonchev–Trinajstić information content (AvgIpc) is 2.03. The van der Waals surface area contributed by atoms with Gasteiger partial charge in [-0.2, -0.15) is 0 Å². The summed E-state index contributed by atoms with van der Waals surface area (Å²) in [7, 11) is 0. The van der Waals surface area contributed by atoms with E-state index in [1.165, 1.54) is 12.1 Å². The first kappa shape index (κ1) is 7.91. The van der Waals surface area contributed by atoms with Crippen molar-refractivity contribution in [2.24, 2.45) is 0 Å². The van der Waals surface area contributed by atoms with E-state index in [2.05, 4.69) is 27.6 Å². The van der Waals surface area contributed by atoms with Gasteiger partial charge < -0.3 is 0 Å². The van der Waals surface area contributed by atoms with E-state index in [4.69, 9.17) is 0 Å². The molecule has 0 bridgehead atoms. The summed E-state index contributed by atoms with van der Waals surface area (Å²) in [6, 6.07) is 6.50. The number of hydrogen-bond acceptors (Lipinski definition) is 1. The van der Waals surface area contributed by atoms with Crippen molar-refractivity contribution < 1.29 is 4.39 Å². The highest BCUT2D eigenvalue weighted by atomic mass is 127. The lowest BCUT2D eigenvalue weighted by atomic mass is 10.2. The predicted molar refractivity (Wildman–Crippen MR) is 54.4 cm³/mol. The fourth-order valence-electron chi connectivity index (χ4n) is 1.08. The lowest BCUT2D eigenvalue weighted by Crippen LogP contribution is -1.81. The zero-order chi connectivity index (χ0) is 8.55. The minimum Gasteiger partial charge on any atom is -0.255 e. The number of fused-ring (bicyclic) bond motifs is 1. The summed E-state index contributed by atoms with van der Waals surface area (Å²) in [6.45, 7) is 0. The van der Waals surface area contributed by atoms with E-state index in [1.54, 1.807) is 12.3 Å². The molecule has 0 radical (unpaired) electrons. The maximum absolute atomic E-state index is 12.7. The zero-order valence-electron chi connectivity index (χ0n) is 6.09. The first-order valence-electron chi connectivity index (χ1n) is 3.46. The molecule has 0 unspecified atom stereocenters. The van der Waals surface area contributed by atoms with Crippen LogP contribution in [0.5, 0.6) is 0 Å². The van der Waals surface area contributed by atoms with Gasteiger partial charge in [0.2, 0.25) is 0 Å². The van der Waals surface area contributed by atoms with Gasteiger partial charge in [-0.05, 0) is 46.9 Å². The molecule has 0 amide bonds. The minimum absolute atomic E-state index is 0.216. The van der Waals surface area contributed by atoms with Gasteiger partial charge in [0.1, 0.15) is 5.82 Å². The Bertz CT molecular complexity index is 391. The molecule has 0 saturated heterocycles. The van der Waals surface area contributed by atoms with Crippen LogP contribution in [0.15, 0.2) is 30.5 Å². The number of hydrogen-bond donors (Lipinski definition) is 0. The Hall–Kier alpha value is -0.710. The Balaban J connectivity index is 2.80. The lowest BCUT2D eigenvalue weighted by Gasteiger charge is -1.96. The maximum Gasteiger partial charge on any atom is 0.123 e. The molecule has 2 aromatic rings. The predicted octanol–water partition coefficient (Wildman–Crippen LogP) is 2.98. The summed E-state index contributed by atoms with van der Waals surface area (Å²) >= 11 is 2.15. The van der Waals surface area contributed by atoms with Crippen LogP contribution in [0.4, 0.5) is 4.39 Å². The van der Waals surface area contributed by atoms with Crippen LogP contribution in [0.25, 0.3) is 10.9 Å². The van der Waals surface area contributed by atoms with Gasteiger partial charge in [-0.3, -0.25) is 4.98 Å². The van der Waals surface area contributed by atoms with Crippen molar-refractivity contribution in [2.45, 2.75) is 0 Å². The molecule has 0 spiro atoms. The molecule has 12 heavy (non-hydrogen) atoms. The molecule has 1 aromatic heterocycles. The molecule has 0 fully saturated rings. The molecular weight excluding hydrogens is 268 g/mol. The lowest BCUT2D eigenvalue weighted by molar-refractivity contribution is 0.629. The van der Waals surface area contributed by atoms with Crippen LogP contribution >= 0.6 is 22.6 Å². The quantitative estimate of drug-likeness (QED) is 0.672. The summed E-state index contributed by atoms with van der Waals surface area (Å²) < 4.78 is 13.8. The van der Waals surface area contributed by atoms with Crippen molar-refractivity contribution in [2.75, 3.05) is 0 Å². The molecule has 0 saturated carbocycles. The van der Waals surface area contributed by atoms with Gasteiger partial charge in [-0.15, -0.1) is 0 Å². The number of rotatable bonds is 0. The Morgan fingerprint density at radius 3 is 2.92 bits per heavy atom. The molecule has 0 aliphatic heterocycles. The number of halogens is 2. The van der Waals surface area contributed by atoms with E-state index in [0.29, 0.717) is 0 Å². The van der Waals surface area contributed by atoms with Crippen LogP contribution in [-0.4, -0.2) is 4.98 Å². The topological polar surface area (TPSA) is 12.9 Å². The molecule has 3 heteroatoms. The summed E-state index contributed by atoms with van der Waals surface area (Å²) in [5.41, 5.74) is 0.830. The molecule has 0 N–H and O–H groups in total. The molecular formula is C9H5FIN. The van der Waals surface area contributed by atoms with Crippen LogP contribution in [0.3, 0.4) is 0 Å². The molecule has 1 nitrogen and oxygen atoms in total.